The molecule has 1 aliphatic heterocycles. The Hall–Kier alpha value is -2.04. The van der Waals surface area contributed by atoms with Gasteiger partial charge in [0, 0.05) is 33.4 Å². The molecule has 0 spiro atoms. The van der Waals surface area contributed by atoms with Gasteiger partial charge < -0.3 is 0 Å². The number of nitrogens with one attached hydrogen (secondary N) is 2. The summed E-state index contributed by atoms with van der Waals surface area (Å²) in [4.78, 5) is 0. The van der Waals surface area contributed by atoms with Gasteiger partial charge in [0.15, 0.2) is 0 Å². The van der Waals surface area contributed by atoms with Crippen LogP contribution >= 0.6 is 38.7 Å². The second-order valence-corrected chi connectivity index (χ2v) is 14.9. The van der Waals surface area contributed by atoms with Crippen molar-refractivity contribution in [3.05, 3.63) is 121 Å². The molecule has 0 aromatic heterocycles. The van der Waals surface area contributed by atoms with Crippen LogP contribution in [0.4, 0.5) is 0 Å². The molecule has 32 heavy (non-hydrogen) atoms. The molecule has 0 fully saturated rings. The number of rotatable bonds is 4. The van der Waals surface area contributed by atoms with Crippen LogP contribution in [0.1, 0.15) is 0 Å². The van der Waals surface area contributed by atoms with Gasteiger partial charge in [-0.25, -0.2) is 8.99 Å². The van der Waals surface area contributed by atoms with Crippen molar-refractivity contribution in [3.63, 3.8) is 0 Å². The fourth-order valence-electron chi connectivity index (χ4n) is 3.58. The summed E-state index contributed by atoms with van der Waals surface area (Å²) in [6.45, 7) is 0. The summed E-state index contributed by atoms with van der Waals surface area (Å²) < 4.78 is 18.0. The summed E-state index contributed by atoms with van der Waals surface area (Å²) in [5.41, 5.74) is 0. The van der Waals surface area contributed by atoms with E-state index in [9.17, 15) is 0 Å². The van der Waals surface area contributed by atoms with Crippen molar-refractivity contribution in [2.24, 2.45) is 8.30 Å². The molecule has 0 aliphatic carbocycles. The van der Waals surface area contributed by atoms with Crippen molar-refractivity contribution < 1.29 is 0 Å². The van der Waals surface area contributed by atoms with Crippen molar-refractivity contribution >= 4 is 59.9 Å². The number of hydrogen-bond donors (Lipinski definition) is 2. The SMILES string of the molecule is c1ccc(P2(c3ccccc3)=NSN=P(c3ccccc3)(c3ccccc3)NSN2)cc1. The van der Waals surface area contributed by atoms with Gasteiger partial charge in [0.25, 0.3) is 0 Å². The minimum absolute atomic E-state index is 1.17. The largest absolute Gasteiger partial charge is 0.206 e. The van der Waals surface area contributed by atoms with E-state index < -0.39 is 14.4 Å². The molecule has 0 bridgehead atoms. The fraction of sp³-hybridized carbons (Fsp3) is 0. The molecule has 160 valence electrons. The van der Waals surface area contributed by atoms with Gasteiger partial charge in [0.05, 0.1) is 0 Å². The van der Waals surface area contributed by atoms with Crippen LogP contribution in [0.2, 0.25) is 0 Å². The van der Waals surface area contributed by atoms with Crippen LogP contribution in [-0.2, 0) is 0 Å². The Morgan fingerprint density at radius 2 is 0.719 bits per heavy atom. The lowest BCUT2D eigenvalue weighted by Crippen LogP contribution is -2.30. The second kappa shape index (κ2) is 9.84. The van der Waals surface area contributed by atoms with Crippen LogP contribution < -0.4 is 30.2 Å². The third-order valence-corrected chi connectivity index (χ3v) is 14.8. The number of nitrogens with zero attached hydrogens (tertiary/aromatic N) is 2. The van der Waals surface area contributed by atoms with E-state index in [0.29, 0.717) is 0 Å². The molecule has 8 heteroatoms. The first-order valence-electron chi connectivity index (χ1n) is 10.2. The summed E-state index contributed by atoms with van der Waals surface area (Å²) in [5, 5.41) is 4.70. The van der Waals surface area contributed by atoms with Gasteiger partial charge in [-0.3, -0.25) is 0 Å². The molecule has 0 amide bonds. The second-order valence-electron chi connectivity index (χ2n) is 7.14. The zero-order valence-corrected chi connectivity index (χ0v) is 20.6. The van der Waals surface area contributed by atoms with Crippen LogP contribution in [0.3, 0.4) is 0 Å². The predicted octanol–water partition coefficient (Wildman–Crippen LogP) is 5.84. The van der Waals surface area contributed by atoms with Crippen LogP contribution in [0.5, 0.6) is 0 Å². The van der Waals surface area contributed by atoms with Gasteiger partial charge in [0.2, 0.25) is 0 Å². The van der Waals surface area contributed by atoms with Crippen LogP contribution in [-0.4, -0.2) is 0 Å². The van der Waals surface area contributed by atoms with E-state index in [0.717, 1.165) is 0 Å². The lowest BCUT2D eigenvalue weighted by atomic mass is 10.4. The first-order chi connectivity index (χ1) is 15.8. The minimum Gasteiger partial charge on any atom is -0.206 e. The number of benzene rings is 4. The molecule has 4 aromatic carbocycles. The Kier molecular flexibility index (Phi) is 6.70. The summed E-state index contributed by atoms with van der Waals surface area (Å²) in [6.07, 6.45) is 0. The molecule has 0 unspecified atom stereocenters. The average molecular weight is 493 g/mol. The van der Waals surface area contributed by atoms with E-state index in [1.807, 2.05) is 24.3 Å². The molecule has 0 radical (unpaired) electrons. The summed E-state index contributed by atoms with van der Waals surface area (Å²) in [5.74, 6) is 0. The molecule has 1 aliphatic rings. The van der Waals surface area contributed by atoms with E-state index in [2.05, 4.69) is 106 Å². The van der Waals surface area contributed by atoms with E-state index in [1.54, 1.807) is 0 Å². The molecule has 4 nitrogen and oxygen atoms in total. The van der Waals surface area contributed by atoms with Crippen molar-refractivity contribution in [2.45, 2.75) is 0 Å². The van der Waals surface area contributed by atoms with Gasteiger partial charge in [-0.2, -0.15) is 8.30 Å². The molecule has 4 aromatic rings. The first kappa shape index (κ1) is 21.8. The lowest BCUT2D eigenvalue weighted by molar-refractivity contribution is 1.52. The zero-order chi connectivity index (χ0) is 21.7. The van der Waals surface area contributed by atoms with Crippen LogP contribution in [0.25, 0.3) is 0 Å². The van der Waals surface area contributed by atoms with Crippen molar-refractivity contribution in [1.29, 1.82) is 0 Å². The van der Waals surface area contributed by atoms with E-state index in [4.69, 9.17) is 8.30 Å². The summed E-state index contributed by atoms with van der Waals surface area (Å²) >= 11 is 2.85. The normalized spacial score (nSPS) is 17.2. The Morgan fingerprint density at radius 1 is 0.438 bits per heavy atom. The van der Waals surface area contributed by atoms with Gasteiger partial charge in [0.1, 0.15) is 26.5 Å². The Balaban J connectivity index is 1.71. The standard InChI is InChI=1S/C24H22N4P2S2/c1-5-13-21(14-6-1)29(22-15-7-2-8-16-22)25-31-27-30(28-32-26-29,23-17-9-3-10-18-23)24-19-11-4-12-20-24/h1-20,25,27H. The maximum Gasteiger partial charge on any atom is 0.116 e. The Bertz CT molecular complexity index is 1100. The Labute approximate surface area is 198 Å². The third-order valence-electron chi connectivity index (χ3n) is 5.19. The smallest absolute Gasteiger partial charge is 0.116 e. The van der Waals surface area contributed by atoms with Crippen molar-refractivity contribution in [1.82, 2.24) is 8.99 Å². The lowest BCUT2D eigenvalue weighted by Gasteiger charge is -2.31. The van der Waals surface area contributed by atoms with E-state index in [1.165, 1.54) is 45.5 Å². The molecule has 0 atom stereocenters. The highest BCUT2D eigenvalue weighted by Crippen LogP contribution is 2.55. The number of hydrogen-bond acceptors (Lipinski definition) is 6. The highest BCUT2D eigenvalue weighted by molar-refractivity contribution is 8.14. The van der Waals surface area contributed by atoms with E-state index >= 15 is 0 Å². The minimum atomic E-state index is -2.24. The van der Waals surface area contributed by atoms with Crippen LogP contribution in [0, 0.1) is 0 Å². The molecule has 0 saturated heterocycles. The van der Waals surface area contributed by atoms with Gasteiger partial charge in [-0.05, 0) is 0 Å². The quantitative estimate of drug-likeness (QED) is 0.278. The van der Waals surface area contributed by atoms with Crippen molar-refractivity contribution in [2.75, 3.05) is 0 Å². The van der Waals surface area contributed by atoms with Crippen molar-refractivity contribution in [3.8, 4) is 0 Å². The molecule has 1 heterocycles. The maximum atomic E-state index is 5.22. The molecule has 5 rings (SSSR count). The molecular weight excluding hydrogens is 470 g/mol. The van der Waals surface area contributed by atoms with E-state index in [-0.39, 0.29) is 0 Å². The van der Waals surface area contributed by atoms with Gasteiger partial charge >= 0.3 is 0 Å². The Morgan fingerprint density at radius 3 is 1.00 bits per heavy atom. The summed E-state index contributed by atoms with van der Waals surface area (Å²) in [7, 11) is -4.49. The molecular formula is C24H22N4P2S2. The zero-order valence-electron chi connectivity index (χ0n) is 17.2. The highest BCUT2D eigenvalue weighted by atomic mass is 32.2. The topological polar surface area (TPSA) is 48.8 Å². The first-order valence-corrected chi connectivity index (χ1v) is 15.2. The molecule has 2 N–H and O–H groups in total. The average Bonchev–Trinajstić information content (AvgIpc) is 2.87. The molecule has 0 saturated carbocycles. The van der Waals surface area contributed by atoms with Crippen LogP contribution in [0.15, 0.2) is 130 Å². The monoisotopic (exact) mass is 492 g/mol. The van der Waals surface area contributed by atoms with Gasteiger partial charge in [-0.15, -0.1) is 0 Å². The van der Waals surface area contributed by atoms with Gasteiger partial charge in [-0.1, -0.05) is 121 Å². The summed E-state index contributed by atoms with van der Waals surface area (Å²) in [6, 6.07) is 41.9. The predicted molar refractivity (Wildman–Crippen MR) is 144 cm³/mol. The highest BCUT2D eigenvalue weighted by Gasteiger charge is 2.31. The third kappa shape index (κ3) is 4.15. The fourth-order valence-corrected chi connectivity index (χ4v) is 13.5. The maximum absolute atomic E-state index is 5.22.